The average Bonchev–Trinajstić information content (AvgIpc) is 3.04. The fourth-order valence-corrected chi connectivity index (χ4v) is 5.21. The quantitative estimate of drug-likeness (QED) is 0.0990. The molecule has 4 N–H and O–H groups in total. The topological polar surface area (TPSA) is 117 Å². The summed E-state index contributed by atoms with van der Waals surface area (Å²) in [7, 11) is 0. The first-order valence-electron chi connectivity index (χ1n) is 15.9. The predicted octanol–water partition coefficient (Wildman–Crippen LogP) is 8.23. The minimum Gasteiger partial charge on any atom is -0.508 e. The number of hydrogen-bond donors (Lipinski definition) is 4. The van der Waals surface area contributed by atoms with Gasteiger partial charge in [-0.3, -0.25) is 0 Å². The molecule has 242 valence electrons. The standard InChI is InChI=1S/C38H44N2O6/c1-27(31-11-15-33(41)16-12-31)25-29-7-19-35(20-8-29)45-37(43)39-23-5-3-4-6-24-40-38(44)46-36-21-9-30(10-22-36)26-28(2)32-13-17-34(42)18-14-32/h7-22,27-28,41-42H,3-6,23-26H2,1-2H3,(H,39,43)(H,40,44). The van der Waals surface area contributed by atoms with Gasteiger partial charge in [0.2, 0.25) is 0 Å². The van der Waals surface area contributed by atoms with Gasteiger partial charge in [-0.15, -0.1) is 0 Å². The molecule has 0 aliphatic rings. The Balaban J connectivity index is 1.02. The number of phenolic OH excluding ortho intramolecular Hbond substituents is 2. The van der Waals surface area contributed by atoms with Crippen LogP contribution >= 0.6 is 0 Å². The Morgan fingerprint density at radius 3 is 1.24 bits per heavy atom. The Labute approximate surface area is 271 Å². The maximum Gasteiger partial charge on any atom is 0.412 e. The van der Waals surface area contributed by atoms with Crippen LogP contribution in [0.3, 0.4) is 0 Å². The van der Waals surface area contributed by atoms with E-state index in [2.05, 4.69) is 24.5 Å². The zero-order chi connectivity index (χ0) is 32.7. The van der Waals surface area contributed by atoms with Crippen molar-refractivity contribution in [2.24, 2.45) is 0 Å². The third-order valence-electron chi connectivity index (χ3n) is 7.92. The Morgan fingerprint density at radius 2 is 0.891 bits per heavy atom. The fourth-order valence-electron chi connectivity index (χ4n) is 5.21. The summed E-state index contributed by atoms with van der Waals surface area (Å²) in [4.78, 5) is 24.3. The molecule has 0 spiro atoms. The molecule has 8 heteroatoms. The Kier molecular flexibility index (Phi) is 12.9. The van der Waals surface area contributed by atoms with E-state index >= 15 is 0 Å². The lowest BCUT2D eigenvalue weighted by molar-refractivity contribution is 0.198. The molecule has 2 amide bonds. The number of hydrogen-bond acceptors (Lipinski definition) is 6. The maximum atomic E-state index is 12.2. The van der Waals surface area contributed by atoms with Gasteiger partial charge in [-0.1, -0.05) is 75.2 Å². The molecular formula is C38H44N2O6. The molecule has 0 aliphatic carbocycles. The van der Waals surface area contributed by atoms with Crippen LogP contribution < -0.4 is 20.1 Å². The highest BCUT2D eigenvalue weighted by Crippen LogP contribution is 2.25. The summed E-state index contributed by atoms with van der Waals surface area (Å²) in [5.41, 5.74) is 4.59. The number of aromatic hydroxyl groups is 2. The third-order valence-corrected chi connectivity index (χ3v) is 7.92. The lowest BCUT2D eigenvalue weighted by Crippen LogP contribution is -2.28. The van der Waals surface area contributed by atoms with Gasteiger partial charge in [0, 0.05) is 13.1 Å². The van der Waals surface area contributed by atoms with Crippen LogP contribution in [0.5, 0.6) is 23.0 Å². The number of carbonyl (C=O) groups excluding carboxylic acids is 2. The van der Waals surface area contributed by atoms with Crippen molar-refractivity contribution in [1.82, 2.24) is 10.6 Å². The minimum absolute atomic E-state index is 0.261. The van der Waals surface area contributed by atoms with Crippen LogP contribution in [-0.2, 0) is 12.8 Å². The molecule has 8 nitrogen and oxygen atoms in total. The molecule has 0 heterocycles. The van der Waals surface area contributed by atoms with E-state index in [-0.39, 0.29) is 11.5 Å². The van der Waals surface area contributed by atoms with E-state index in [0.29, 0.717) is 36.4 Å². The number of amides is 2. The Morgan fingerprint density at radius 1 is 0.543 bits per heavy atom. The van der Waals surface area contributed by atoms with Gasteiger partial charge in [-0.2, -0.15) is 0 Å². The second-order valence-electron chi connectivity index (χ2n) is 11.7. The van der Waals surface area contributed by atoms with Crippen molar-refractivity contribution < 1.29 is 29.3 Å². The molecule has 0 aliphatic heterocycles. The van der Waals surface area contributed by atoms with Gasteiger partial charge in [0.05, 0.1) is 0 Å². The summed E-state index contributed by atoms with van der Waals surface area (Å²) in [6.45, 7) is 5.31. The maximum absolute atomic E-state index is 12.2. The van der Waals surface area contributed by atoms with Crippen molar-refractivity contribution in [3.63, 3.8) is 0 Å². The lowest BCUT2D eigenvalue weighted by Gasteiger charge is -2.13. The highest BCUT2D eigenvalue weighted by atomic mass is 16.6. The number of ether oxygens (including phenoxy) is 2. The van der Waals surface area contributed by atoms with Gasteiger partial charge in [-0.25, -0.2) is 9.59 Å². The molecule has 0 saturated carbocycles. The SMILES string of the molecule is CC(Cc1ccc(OC(=O)NCCCCCCNC(=O)Oc2ccc(CC(C)c3ccc(O)cc3)cc2)cc1)c1ccc(O)cc1. The van der Waals surface area contributed by atoms with E-state index in [1.807, 2.05) is 48.5 Å². The van der Waals surface area contributed by atoms with Gasteiger partial charge in [0.15, 0.2) is 0 Å². The molecule has 4 aromatic rings. The number of rotatable bonds is 15. The van der Waals surface area contributed by atoms with Crippen molar-refractivity contribution in [1.29, 1.82) is 0 Å². The van der Waals surface area contributed by atoms with Crippen LogP contribution in [0.4, 0.5) is 9.59 Å². The van der Waals surface area contributed by atoms with Gasteiger partial charge in [0.1, 0.15) is 23.0 Å². The number of carbonyl (C=O) groups is 2. The summed E-state index contributed by atoms with van der Waals surface area (Å²) < 4.78 is 10.8. The normalized spacial score (nSPS) is 12.1. The van der Waals surface area contributed by atoms with E-state index in [9.17, 15) is 19.8 Å². The molecule has 46 heavy (non-hydrogen) atoms. The summed E-state index contributed by atoms with van der Waals surface area (Å²) in [5.74, 6) is 2.10. The van der Waals surface area contributed by atoms with Crippen LogP contribution in [0.1, 0.15) is 73.6 Å². The molecule has 0 bridgehead atoms. The summed E-state index contributed by atoms with van der Waals surface area (Å²) in [6.07, 6.45) is 4.17. The molecule has 4 aromatic carbocycles. The van der Waals surface area contributed by atoms with Crippen LogP contribution in [0.25, 0.3) is 0 Å². The van der Waals surface area contributed by atoms with Gasteiger partial charge in [0.25, 0.3) is 0 Å². The molecule has 0 radical (unpaired) electrons. The first-order chi connectivity index (χ1) is 22.2. The summed E-state index contributed by atoms with van der Waals surface area (Å²) in [5, 5.41) is 24.5. The first-order valence-corrected chi connectivity index (χ1v) is 15.9. The fraction of sp³-hybridized carbons (Fsp3) is 0.316. The van der Waals surface area contributed by atoms with Crippen LogP contribution in [0.15, 0.2) is 97.1 Å². The smallest absolute Gasteiger partial charge is 0.412 e. The average molecular weight is 625 g/mol. The summed E-state index contributed by atoms with van der Waals surface area (Å²) in [6, 6.07) is 29.6. The van der Waals surface area contributed by atoms with E-state index in [0.717, 1.165) is 60.8 Å². The number of benzene rings is 4. The second kappa shape index (κ2) is 17.5. The molecule has 2 atom stereocenters. The first kappa shape index (κ1) is 33.9. The van der Waals surface area contributed by atoms with E-state index < -0.39 is 12.2 Å². The molecular weight excluding hydrogens is 580 g/mol. The highest BCUT2D eigenvalue weighted by molar-refractivity contribution is 5.70. The van der Waals surface area contributed by atoms with Gasteiger partial charge >= 0.3 is 12.2 Å². The Hall–Kier alpha value is -4.98. The summed E-state index contributed by atoms with van der Waals surface area (Å²) >= 11 is 0. The zero-order valence-electron chi connectivity index (χ0n) is 26.6. The minimum atomic E-state index is -0.477. The largest absolute Gasteiger partial charge is 0.508 e. The molecule has 4 rings (SSSR count). The molecule has 2 unspecified atom stereocenters. The van der Waals surface area contributed by atoms with Crippen LogP contribution in [-0.4, -0.2) is 35.5 Å². The highest BCUT2D eigenvalue weighted by Gasteiger charge is 2.10. The van der Waals surface area contributed by atoms with E-state index in [1.54, 1.807) is 48.5 Å². The molecule has 0 saturated heterocycles. The van der Waals surface area contributed by atoms with E-state index in [1.165, 1.54) is 0 Å². The molecule has 0 aromatic heterocycles. The lowest BCUT2D eigenvalue weighted by atomic mass is 9.94. The Bertz CT molecular complexity index is 1390. The number of unbranched alkanes of at least 4 members (excludes halogenated alkanes) is 3. The third kappa shape index (κ3) is 11.5. The molecule has 0 fully saturated rings. The number of phenols is 2. The van der Waals surface area contributed by atoms with Crippen molar-refractivity contribution in [2.75, 3.05) is 13.1 Å². The van der Waals surface area contributed by atoms with Crippen molar-refractivity contribution in [2.45, 2.75) is 64.2 Å². The second-order valence-corrected chi connectivity index (χ2v) is 11.7. The van der Waals surface area contributed by atoms with Crippen LogP contribution in [0, 0.1) is 0 Å². The van der Waals surface area contributed by atoms with E-state index in [4.69, 9.17) is 9.47 Å². The zero-order valence-corrected chi connectivity index (χ0v) is 26.6. The van der Waals surface area contributed by atoms with Crippen molar-refractivity contribution >= 4 is 12.2 Å². The number of nitrogens with one attached hydrogen (secondary N) is 2. The van der Waals surface area contributed by atoms with Gasteiger partial charge in [-0.05, 0) is 108 Å². The van der Waals surface area contributed by atoms with Crippen LogP contribution in [0.2, 0.25) is 0 Å². The van der Waals surface area contributed by atoms with Crippen molar-refractivity contribution in [3.8, 4) is 23.0 Å². The van der Waals surface area contributed by atoms with Crippen molar-refractivity contribution in [3.05, 3.63) is 119 Å². The predicted molar refractivity (Wildman–Crippen MR) is 180 cm³/mol. The van der Waals surface area contributed by atoms with Gasteiger partial charge < -0.3 is 30.3 Å². The monoisotopic (exact) mass is 624 g/mol.